The molecular formula is C3H5Cl2IO. The van der Waals surface area contributed by atoms with E-state index in [0.29, 0.717) is 0 Å². The molecule has 0 aromatic rings. The molecule has 1 nitrogen and oxygen atoms in total. The second-order valence-corrected chi connectivity index (χ2v) is 3.91. The molecule has 0 rings (SSSR count). The van der Waals surface area contributed by atoms with Crippen molar-refractivity contribution in [2.45, 2.75) is 9.49 Å². The maximum atomic E-state index is 8.66. The van der Waals surface area contributed by atoms with Crippen molar-refractivity contribution in [1.82, 2.24) is 0 Å². The van der Waals surface area contributed by atoms with Crippen molar-refractivity contribution in [2.75, 3.05) is 5.88 Å². The summed E-state index contributed by atoms with van der Waals surface area (Å²) < 4.78 is -0.268. The van der Waals surface area contributed by atoms with Crippen LogP contribution in [0.2, 0.25) is 0 Å². The molecule has 4 heteroatoms. The predicted molar refractivity (Wildman–Crippen MR) is 40.4 cm³/mol. The molecule has 0 bridgehead atoms. The Balaban J connectivity index is 3.14. The Morgan fingerprint density at radius 3 is 2.14 bits per heavy atom. The van der Waals surface area contributed by atoms with Gasteiger partial charge in [-0.05, 0) is 0 Å². The summed E-state index contributed by atoms with van der Waals surface area (Å²) in [5.41, 5.74) is 0. The van der Waals surface area contributed by atoms with Crippen LogP contribution in [0.25, 0.3) is 0 Å². The number of halogens is 3. The fourth-order valence-electron chi connectivity index (χ4n) is 0.0673. The van der Waals surface area contributed by atoms with Gasteiger partial charge in [-0.1, -0.05) is 22.6 Å². The van der Waals surface area contributed by atoms with Crippen LogP contribution in [0.5, 0.6) is 0 Å². The zero-order valence-corrected chi connectivity index (χ0v) is 7.11. The number of hydrogen-bond acceptors (Lipinski definition) is 1. The number of rotatable bonds is 2. The van der Waals surface area contributed by atoms with Crippen LogP contribution in [0.4, 0.5) is 0 Å². The van der Waals surface area contributed by atoms with Gasteiger partial charge in [0.1, 0.15) is 3.38 Å². The molecule has 0 fully saturated rings. The second-order valence-electron chi connectivity index (χ2n) is 1.06. The average molecular weight is 255 g/mol. The van der Waals surface area contributed by atoms with E-state index >= 15 is 0 Å². The Bertz CT molecular complexity index is 50.2. The van der Waals surface area contributed by atoms with E-state index in [1.807, 2.05) is 22.6 Å². The summed E-state index contributed by atoms with van der Waals surface area (Å²) >= 11 is 12.5. The van der Waals surface area contributed by atoms with Crippen LogP contribution in [-0.2, 0) is 0 Å². The molecule has 0 aliphatic heterocycles. The maximum Gasteiger partial charge on any atom is 0.112 e. The van der Waals surface area contributed by atoms with Gasteiger partial charge in [-0.3, -0.25) is 0 Å². The average Bonchev–Trinajstić information content (AvgIpc) is 1.65. The zero-order chi connectivity index (χ0) is 5.86. The molecule has 7 heavy (non-hydrogen) atoms. The Morgan fingerprint density at radius 2 is 2.14 bits per heavy atom. The summed E-state index contributed by atoms with van der Waals surface area (Å²) in [6.45, 7) is 0. The van der Waals surface area contributed by atoms with Crippen LogP contribution < -0.4 is 0 Å². The van der Waals surface area contributed by atoms with Gasteiger partial charge < -0.3 is 5.11 Å². The summed E-state index contributed by atoms with van der Waals surface area (Å²) in [5, 5.41) is 8.66. The molecule has 0 aromatic carbocycles. The summed E-state index contributed by atoms with van der Waals surface area (Å²) in [7, 11) is 0. The standard InChI is InChI=1S/C3H5Cl2IO/c4-1-2(7)3(5)6/h2-3,7H,1H2. The third-order valence-corrected chi connectivity index (χ3v) is 1.89. The summed E-state index contributed by atoms with van der Waals surface area (Å²) in [6, 6.07) is 0. The SMILES string of the molecule is OC(CCl)C(Cl)I. The van der Waals surface area contributed by atoms with Crippen LogP contribution in [-0.4, -0.2) is 20.5 Å². The van der Waals surface area contributed by atoms with Crippen molar-refractivity contribution in [3.63, 3.8) is 0 Å². The van der Waals surface area contributed by atoms with Crippen LogP contribution >= 0.6 is 45.8 Å². The van der Waals surface area contributed by atoms with E-state index in [4.69, 9.17) is 28.3 Å². The number of hydrogen-bond donors (Lipinski definition) is 1. The third kappa shape index (κ3) is 3.82. The van der Waals surface area contributed by atoms with E-state index < -0.39 is 6.10 Å². The van der Waals surface area contributed by atoms with E-state index in [1.54, 1.807) is 0 Å². The number of aliphatic hydroxyl groups excluding tert-OH is 1. The van der Waals surface area contributed by atoms with Gasteiger partial charge in [0.15, 0.2) is 0 Å². The van der Waals surface area contributed by atoms with Crippen molar-refractivity contribution in [2.24, 2.45) is 0 Å². The molecule has 0 heterocycles. The minimum atomic E-state index is -0.580. The molecule has 0 saturated heterocycles. The zero-order valence-electron chi connectivity index (χ0n) is 3.44. The lowest BCUT2D eigenvalue weighted by atomic mass is 10.5. The fraction of sp³-hybridized carbons (Fsp3) is 1.00. The predicted octanol–water partition coefficient (Wildman–Crippen LogP) is 1.59. The highest BCUT2D eigenvalue weighted by Crippen LogP contribution is 2.11. The molecule has 0 aliphatic carbocycles. The highest BCUT2D eigenvalue weighted by atomic mass is 127. The fourth-order valence-corrected chi connectivity index (χ4v) is 0.981. The Hall–Kier alpha value is 1.27. The van der Waals surface area contributed by atoms with Gasteiger partial charge in [0, 0.05) is 0 Å². The second kappa shape index (κ2) is 4.18. The topological polar surface area (TPSA) is 20.2 Å². The van der Waals surface area contributed by atoms with E-state index in [2.05, 4.69) is 0 Å². The molecule has 1 N–H and O–H groups in total. The first-order valence-corrected chi connectivity index (χ1v) is 3.92. The van der Waals surface area contributed by atoms with Gasteiger partial charge in [0.2, 0.25) is 0 Å². The van der Waals surface area contributed by atoms with Crippen LogP contribution in [0.3, 0.4) is 0 Å². The van der Waals surface area contributed by atoms with Gasteiger partial charge in [-0.2, -0.15) is 0 Å². The lowest BCUT2D eigenvalue weighted by molar-refractivity contribution is 0.218. The van der Waals surface area contributed by atoms with Gasteiger partial charge in [0.05, 0.1) is 12.0 Å². The van der Waals surface area contributed by atoms with Gasteiger partial charge in [0.25, 0.3) is 0 Å². The third-order valence-electron chi connectivity index (χ3n) is 0.449. The number of alkyl halides is 3. The van der Waals surface area contributed by atoms with Crippen LogP contribution in [0, 0.1) is 0 Å². The van der Waals surface area contributed by atoms with Crippen LogP contribution in [0.1, 0.15) is 0 Å². The van der Waals surface area contributed by atoms with Crippen molar-refractivity contribution < 1.29 is 5.11 Å². The van der Waals surface area contributed by atoms with E-state index in [9.17, 15) is 0 Å². The summed E-state index contributed by atoms with van der Waals surface area (Å²) in [5.74, 6) is 0.205. The van der Waals surface area contributed by atoms with Gasteiger partial charge >= 0.3 is 0 Å². The monoisotopic (exact) mass is 254 g/mol. The molecule has 0 amide bonds. The maximum absolute atomic E-state index is 8.66. The molecule has 2 atom stereocenters. The first-order chi connectivity index (χ1) is 3.18. The molecule has 0 saturated carbocycles. The van der Waals surface area contributed by atoms with Crippen molar-refractivity contribution >= 4 is 45.8 Å². The highest BCUT2D eigenvalue weighted by Gasteiger charge is 2.09. The minimum Gasteiger partial charge on any atom is -0.390 e. The quantitative estimate of drug-likeness (QED) is 0.586. The smallest absolute Gasteiger partial charge is 0.112 e. The van der Waals surface area contributed by atoms with E-state index in [0.717, 1.165) is 0 Å². The molecule has 0 radical (unpaired) electrons. The Kier molecular flexibility index (Phi) is 4.94. The lowest BCUT2D eigenvalue weighted by Gasteiger charge is -2.04. The molecule has 2 unspecified atom stereocenters. The first kappa shape index (κ1) is 8.27. The summed E-state index contributed by atoms with van der Waals surface area (Å²) in [6.07, 6.45) is -0.580. The number of aliphatic hydroxyl groups is 1. The van der Waals surface area contributed by atoms with Gasteiger partial charge in [-0.25, -0.2) is 0 Å². The molecule has 44 valence electrons. The molecular weight excluding hydrogens is 250 g/mol. The van der Waals surface area contributed by atoms with Crippen molar-refractivity contribution in [1.29, 1.82) is 0 Å². The van der Waals surface area contributed by atoms with Crippen LogP contribution in [0.15, 0.2) is 0 Å². The minimum absolute atomic E-state index is 0.205. The largest absolute Gasteiger partial charge is 0.390 e. The van der Waals surface area contributed by atoms with E-state index in [-0.39, 0.29) is 9.26 Å². The normalized spacial score (nSPS) is 18.9. The molecule has 0 aliphatic rings. The molecule has 0 aromatic heterocycles. The lowest BCUT2D eigenvalue weighted by Crippen LogP contribution is -2.15. The summed E-state index contributed by atoms with van der Waals surface area (Å²) in [4.78, 5) is 0. The van der Waals surface area contributed by atoms with Crippen molar-refractivity contribution in [3.8, 4) is 0 Å². The Labute approximate surface area is 66.1 Å². The van der Waals surface area contributed by atoms with E-state index in [1.165, 1.54) is 0 Å². The van der Waals surface area contributed by atoms with Gasteiger partial charge in [-0.15, -0.1) is 23.2 Å². The van der Waals surface area contributed by atoms with Crippen molar-refractivity contribution in [3.05, 3.63) is 0 Å². The first-order valence-electron chi connectivity index (χ1n) is 1.70. The highest BCUT2D eigenvalue weighted by molar-refractivity contribution is 14.1. The molecule has 0 spiro atoms. The Morgan fingerprint density at radius 1 is 1.71 bits per heavy atom.